The van der Waals surface area contributed by atoms with E-state index in [1.165, 1.54) is 11.8 Å². The third-order valence-corrected chi connectivity index (χ3v) is 6.59. The first-order chi connectivity index (χ1) is 14.8. The number of esters is 1. The summed E-state index contributed by atoms with van der Waals surface area (Å²) < 4.78 is 5.34. The van der Waals surface area contributed by atoms with E-state index in [0.717, 1.165) is 35.1 Å². The average molecular weight is 425 g/mol. The molecule has 1 aliphatic heterocycles. The number of rotatable bonds is 5. The van der Waals surface area contributed by atoms with Gasteiger partial charge in [-0.05, 0) is 32.8 Å². The Morgan fingerprint density at radius 2 is 1.84 bits per heavy atom. The van der Waals surface area contributed by atoms with E-state index in [1.807, 2.05) is 24.3 Å². The van der Waals surface area contributed by atoms with Crippen molar-refractivity contribution in [3.63, 3.8) is 0 Å². The van der Waals surface area contributed by atoms with Crippen molar-refractivity contribution >= 4 is 34.6 Å². The lowest BCUT2D eigenvalue weighted by molar-refractivity contribution is -0.150. The largest absolute Gasteiger partial charge is 0.453 e. The van der Waals surface area contributed by atoms with Crippen LogP contribution < -0.4 is 0 Å². The molecule has 8 nitrogen and oxygen atoms in total. The van der Waals surface area contributed by atoms with Gasteiger partial charge in [-0.1, -0.05) is 37.5 Å². The number of aryl methyl sites for hydroxylation is 1. The van der Waals surface area contributed by atoms with Gasteiger partial charge in [-0.2, -0.15) is 0 Å². The number of carbonyl (C=O) groups is 4. The van der Waals surface area contributed by atoms with Crippen LogP contribution in [0.15, 0.2) is 24.3 Å². The quantitative estimate of drug-likeness (QED) is 0.451. The summed E-state index contributed by atoms with van der Waals surface area (Å²) >= 11 is 0. The number of aromatic amines is 1. The van der Waals surface area contributed by atoms with Crippen LogP contribution in [0.3, 0.4) is 0 Å². The molecule has 4 rings (SSSR count). The number of hydrogen-bond donors (Lipinski definition) is 1. The lowest BCUT2D eigenvalue weighted by atomic mass is 9.81. The van der Waals surface area contributed by atoms with Crippen molar-refractivity contribution < 1.29 is 23.9 Å². The molecule has 1 unspecified atom stereocenters. The van der Waals surface area contributed by atoms with E-state index in [2.05, 4.69) is 4.98 Å². The molecule has 3 amide bonds. The molecule has 2 heterocycles. The molecule has 2 aromatic rings. The highest BCUT2D eigenvalue weighted by Crippen LogP contribution is 2.39. The highest BCUT2D eigenvalue weighted by molar-refractivity contribution is 6.12. The molecule has 164 valence electrons. The van der Waals surface area contributed by atoms with E-state index in [-0.39, 0.29) is 11.7 Å². The highest BCUT2D eigenvalue weighted by Gasteiger charge is 2.56. The van der Waals surface area contributed by atoms with Crippen molar-refractivity contribution in [3.05, 3.63) is 35.5 Å². The molecule has 31 heavy (non-hydrogen) atoms. The van der Waals surface area contributed by atoms with E-state index in [4.69, 9.17) is 4.74 Å². The molecule has 2 fully saturated rings. The zero-order chi connectivity index (χ0) is 22.3. The second-order valence-corrected chi connectivity index (χ2v) is 8.49. The van der Waals surface area contributed by atoms with Gasteiger partial charge >= 0.3 is 12.0 Å². The summed E-state index contributed by atoms with van der Waals surface area (Å²) in [6.45, 7) is 2.81. The maximum absolute atomic E-state index is 13.0. The zero-order valence-corrected chi connectivity index (χ0v) is 18.1. The molecular weight excluding hydrogens is 398 g/mol. The number of aromatic nitrogens is 1. The summed E-state index contributed by atoms with van der Waals surface area (Å²) in [5.74, 6) is -1.45. The second-order valence-electron chi connectivity index (χ2n) is 8.49. The number of para-hydroxylation sites is 1. The number of imide groups is 1. The Hall–Kier alpha value is -3.16. The molecule has 0 bridgehead atoms. The monoisotopic (exact) mass is 425 g/mol. The number of hydrogen-bond acceptors (Lipinski definition) is 5. The number of nitrogens with one attached hydrogen (secondary N) is 1. The van der Waals surface area contributed by atoms with Gasteiger partial charge in [-0.3, -0.25) is 19.3 Å². The summed E-state index contributed by atoms with van der Waals surface area (Å²) in [6, 6.07) is 6.93. The summed E-state index contributed by atoms with van der Waals surface area (Å²) in [6.07, 6.45) is 2.95. The van der Waals surface area contributed by atoms with Crippen LogP contribution in [0, 0.1) is 6.92 Å². The highest BCUT2D eigenvalue weighted by atomic mass is 16.5. The van der Waals surface area contributed by atoms with Gasteiger partial charge in [-0.15, -0.1) is 0 Å². The molecule has 1 spiro atoms. The molecule has 1 saturated heterocycles. The number of likely N-dealkylation sites (N-methyl/N-ethyl adjacent to an activating group) is 1. The number of Topliss-reactive ketones (excluding diaryl/α,β-unsaturated/α-hetero) is 1. The molecule has 0 radical (unpaired) electrons. The van der Waals surface area contributed by atoms with Crippen LogP contribution in [-0.2, 0) is 14.3 Å². The maximum Gasteiger partial charge on any atom is 0.327 e. The third-order valence-electron chi connectivity index (χ3n) is 6.59. The van der Waals surface area contributed by atoms with Crippen molar-refractivity contribution in [1.82, 2.24) is 14.8 Å². The van der Waals surface area contributed by atoms with Crippen LogP contribution in [0.1, 0.15) is 55.1 Å². The zero-order valence-electron chi connectivity index (χ0n) is 18.1. The molecule has 8 heteroatoms. The Balaban J connectivity index is 1.46. The lowest BCUT2D eigenvalue weighted by Gasteiger charge is -2.35. The molecule has 1 aromatic carbocycles. The number of ether oxygens (including phenoxy) is 1. The number of urea groups is 1. The number of amides is 3. The fourth-order valence-electron chi connectivity index (χ4n) is 4.89. The topological polar surface area (TPSA) is 99.8 Å². The van der Waals surface area contributed by atoms with Crippen LogP contribution >= 0.6 is 0 Å². The Bertz CT molecular complexity index is 1070. The summed E-state index contributed by atoms with van der Waals surface area (Å²) in [5.41, 5.74) is 1.15. The van der Waals surface area contributed by atoms with Crippen molar-refractivity contribution in [1.29, 1.82) is 0 Å². The summed E-state index contributed by atoms with van der Waals surface area (Å²) in [4.78, 5) is 56.8. The lowest BCUT2D eigenvalue weighted by Crippen LogP contribution is -2.49. The summed E-state index contributed by atoms with van der Waals surface area (Å²) in [7, 11) is 1.61. The normalized spacial score (nSPS) is 19.3. The van der Waals surface area contributed by atoms with Crippen molar-refractivity contribution in [2.45, 2.75) is 57.6 Å². The Morgan fingerprint density at radius 1 is 1.16 bits per heavy atom. The first-order valence-electron chi connectivity index (χ1n) is 10.7. The summed E-state index contributed by atoms with van der Waals surface area (Å²) in [5, 5.41) is 0.763. The number of carbonyl (C=O) groups excluding carboxylic acids is 4. The molecule has 1 aliphatic carbocycles. The number of fused-ring (bicyclic) bond motifs is 1. The molecule has 1 saturated carbocycles. The third kappa shape index (κ3) is 3.40. The molecule has 1 aromatic heterocycles. The Labute approximate surface area is 180 Å². The van der Waals surface area contributed by atoms with Gasteiger partial charge in [-0.25, -0.2) is 4.79 Å². The van der Waals surface area contributed by atoms with Gasteiger partial charge in [0, 0.05) is 29.2 Å². The number of benzene rings is 1. The average Bonchev–Trinajstić information content (AvgIpc) is 3.17. The van der Waals surface area contributed by atoms with Gasteiger partial charge in [0.2, 0.25) is 5.78 Å². The van der Waals surface area contributed by atoms with Gasteiger partial charge in [0.05, 0.1) is 0 Å². The fraction of sp³-hybridized carbons (Fsp3) is 0.478. The van der Waals surface area contributed by atoms with E-state index >= 15 is 0 Å². The smallest absolute Gasteiger partial charge is 0.327 e. The van der Waals surface area contributed by atoms with E-state index in [9.17, 15) is 19.2 Å². The minimum atomic E-state index is -1.04. The van der Waals surface area contributed by atoms with Gasteiger partial charge < -0.3 is 14.6 Å². The van der Waals surface area contributed by atoms with Crippen molar-refractivity contribution in [2.75, 3.05) is 13.6 Å². The first kappa shape index (κ1) is 21.1. The fourth-order valence-corrected chi connectivity index (χ4v) is 4.89. The van der Waals surface area contributed by atoms with E-state index in [0.29, 0.717) is 24.1 Å². The van der Waals surface area contributed by atoms with Crippen LogP contribution in [0.2, 0.25) is 0 Å². The van der Waals surface area contributed by atoms with Gasteiger partial charge in [0.15, 0.2) is 6.10 Å². The van der Waals surface area contributed by atoms with Crippen molar-refractivity contribution in [3.8, 4) is 0 Å². The van der Waals surface area contributed by atoms with E-state index < -0.39 is 30.2 Å². The maximum atomic E-state index is 13.0. The van der Waals surface area contributed by atoms with Crippen molar-refractivity contribution in [2.24, 2.45) is 0 Å². The minimum absolute atomic E-state index is 0.330. The standard InChI is InChI=1S/C23H27N3O5/c1-14-19(16-9-5-6-10-17(16)24-14)20(28)15(2)31-18(27)13-26-21(29)23(25(3)22(26)30)11-7-4-8-12-23/h5-6,9-10,15,24H,4,7-8,11-13H2,1-3H3. The SMILES string of the molecule is Cc1[nH]c2ccccc2c1C(=O)C(C)OC(=O)CN1C(=O)N(C)C2(CCCCC2)C1=O. The Kier molecular flexibility index (Phi) is 5.33. The molecule has 1 atom stereocenters. The number of nitrogens with zero attached hydrogens (tertiary/aromatic N) is 2. The predicted octanol–water partition coefficient (Wildman–Crippen LogP) is 3.19. The number of ketones is 1. The molecule has 2 aliphatic rings. The first-order valence-corrected chi connectivity index (χ1v) is 10.7. The van der Waals surface area contributed by atoms with Crippen LogP contribution in [0.5, 0.6) is 0 Å². The van der Waals surface area contributed by atoms with Gasteiger partial charge in [0.1, 0.15) is 12.1 Å². The van der Waals surface area contributed by atoms with E-state index in [1.54, 1.807) is 14.0 Å². The second kappa shape index (κ2) is 7.83. The molecule has 1 N–H and O–H groups in total. The van der Waals surface area contributed by atoms with Crippen LogP contribution in [0.4, 0.5) is 4.79 Å². The predicted molar refractivity (Wildman–Crippen MR) is 114 cm³/mol. The van der Waals surface area contributed by atoms with Crippen LogP contribution in [-0.4, -0.2) is 63.7 Å². The minimum Gasteiger partial charge on any atom is -0.453 e. The van der Waals surface area contributed by atoms with Crippen LogP contribution in [0.25, 0.3) is 10.9 Å². The van der Waals surface area contributed by atoms with Gasteiger partial charge in [0.25, 0.3) is 5.91 Å². The Morgan fingerprint density at radius 3 is 2.55 bits per heavy atom. The molecular formula is C23H27N3O5. The number of H-pyrrole nitrogens is 1.